The maximum atomic E-state index is 13.5. The molecular formula is C26H38N4O2. The van der Waals surface area contributed by atoms with Crippen LogP contribution in [0.15, 0.2) is 42.5 Å². The average molecular weight is 439 g/mol. The summed E-state index contributed by atoms with van der Waals surface area (Å²) in [6.45, 7) is 12.6. The van der Waals surface area contributed by atoms with Gasteiger partial charge in [-0.1, -0.05) is 31.5 Å². The van der Waals surface area contributed by atoms with E-state index in [0.717, 1.165) is 16.8 Å². The zero-order valence-electron chi connectivity index (χ0n) is 20.7. The van der Waals surface area contributed by atoms with Crippen molar-refractivity contribution in [3.8, 4) is 0 Å². The predicted octanol–water partition coefficient (Wildman–Crippen LogP) is 5.28. The molecule has 0 fully saturated rings. The molecule has 0 radical (unpaired) electrons. The summed E-state index contributed by atoms with van der Waals surface area (Å²) in [6.07, 6.45) is 0. The molecule has 32 heavy (non-hydrogen) atoms. The van der Waals surface area contributed by atoms with Gasteiger partial charge in [0.1, 0.15) is 0 Å². The Bertz CT molecular complexity index is 937. The van der Waals surface area contributed by atoms with Gasteiger partial charge >= 0.3 is 6.03 Å². The van der Waals surface area contributed by atoms with E-state index in [1.807, 2.05) is 87.1 Å². The molecule has 6 heteroatoms. The Labute approximate surface area is 193 Å². The Hall–Kier alpha value is -3.02. The van der Waals surface area contributed by atoms with Crippen molar-refractivity contribution in [2.45, 2.75) is 60.2 Å². The van der Waals surface area contributed by atoms with E-state index in [-0.39, 0.29) is 24.0 Å². The standard InChI is InChI=1S/C26H38N4O2/c1-17(2)20(6)30(25(31)21-11-9-10-19(5)14-21)16-22-15-23(12-13-24(22)29(7)8)28-26(32)27-18(3)4/h9-15,17-18,20H,16H2,1-8H3,(H2,27,28,32)/t20-/m0/s1. The van der Waals surface area contributed by atoms with Crippen molar-refractivity contribution in [2.24, 2.45) is 5.92 Å². The summed E-state index contributed by atoms with van der Waals surface area (Å²) < 4.78 is 0. The Kier molecular flexibility index (Phi) is 8.70. The summed E-state index contributed by atoms with van der Waals surface area (Å²) >= 11 is 0. The smallest absolute Gasteiger partial charge is 0.319 e. The van der Waals surface area contributed by atoms with E-state index in [2.05, 4.69) is 31.4 Å². The van der Waals surface area contributed by atoms with Gasteiger partial charge in [0, 0.05) is 49.7 Å². The van der Waals surface area contributed by atoms with E-state index in [1.165, 1.54) is 0 Å². The number of urea groups is 1. The highest BCUT2D eigenvalue weighted by atomic mass is 16.2. The van der Waals surface area contributed by atoms with Crippen LogP contribution in [0.4, 0.5) is 16.2 Å². The first kappa shape index (κ1) is 25.2. The van der Waals surface area contributed by atoms with Crippen molar-refractivity contribution in [2.75, 3.05) is 24.3 Å². The van der Waals surface area contributed by atoms with Crippen molar-refractivity contribution in [3.63, 3.8) is 0 Å². The number of anilines is 2. The van der Waals surface area contributed by atoms with Crippen molar-refractivity contribution < 1.29 is 9.59 Å². The molecule has 174 valence electrons. The molecule has 0 saturated heterocycles. The van der Waals surface area contributed by atoms with Crippen LogP contribution in [0.25, 0.3) is 0 Å². The summed E-state index contributed by atoms with van der Waals surface area (Å²) in [5, 5.41) is 5.74. The number of rotatable bonds is 8. The normalized spacial score (nSPS) is 11.9. The molecule has 1 atom stereocenters. The van der Waals surface area contributed by atoms with E-state index in [0.29, 0.717) is 23.7 Å². The summed E-state index contributed by atoms with van der Waals surface area (Å²) in [5.74, 6) is 0.306. The maximum absolute atomic E-state index is 13.5. The average Bonchev–Trinajstić information content (AvgIpc) is 2.70. The molecule has 0 saturated carbocycles. The predicted molar refractivity (Wildman–Crippen MR) is 133 cm³/mol. The minimum Gasteiger partial charge on any atom is -0.377 e. The lowest BCUT2D eigenvalue weighted by Crippen LogP contribution is -2.41. The Morgan fingerprint density at radius 2 is 1.66 bits per heavy atom. The fourth-order valence-corrected chi connectivity index (χ4v) is 3.54. The van der Waals surface area contributed by atoms with Crippen LogP contribution in [0, 0.1) is 12.8 Å². The molecule has 0 aromatic heterocycles. The zero-order valence-corrected chi connectivity index (χ0v) is 20.7. The first-order valence-electron chi connectivity index (χ1n) is 11.2. The second kappa shape index (κ2) is 11.0. The number of hydrogen-bond acceptors (Lipinski definition) is 3. The SMILES string of the molecule is Cc1cccc(C(=O)N(Cc2cc(NC(=O)NC(C)C)ccc2N(C)C)[C@@H](C)C(C)C)c1. The molecule has 2 rings (SSSR count). The lowest BCUT2D eigenvalue weighted by Gasteiger charge is -2.33. The monoisotopic (exact) mass is 438 g/mol. The summed E-state index contributed by atoms with van der Waals surface area (Å²) in [7, 11) is 3.96. The number of carbonyl (C=O) groups excluding carboxylic acids is 2. The van der Waals surface area contributed by atoms with Crippen molar-refractivity contribution in [1.29, 1.82) is 0 Å². The van der Waals surface area contributed by atoms with Gasteiger partial charge in [-0.3, -0.25) is 4.79 Å². The lowest BCUT2D eigenvalue weighted by atomic mass is 10.0. The number of nitrogens with zero attached hydrogens (tertiary/aromatic N) is 2. The highest BCUT2D eigenvalue weighted by molar-refractivity contribution is 5.95. The quantitative estimate of drug-likeness (QED) is 0.589. The molecule has 0 aliphatic heterocycles. The zero-order chi connectivity index (χ0) is 24.0. The number of aryl methyl sites for hydroxylation is 1. The molecule has 0 aliphatic carbocycles. The second-order valence-corrected chi connectivity index (χ2v) is 9.28. The molecule has 6 nitrogen and oxygen atoms in total. The van der Waals surface area contributed by atoms with Gasteiger partial charge in [-0.05, 0) is 69.5 Å². The summed E-state index contributed by atoms with van der Waals surface area (Å²) in [5.41, 5.74) is 4.44. The largest absolute Gasteiger partial charge is 0.377 e. The molecule has 2 aromatic rings. The number of carbonyl (C=O) groups is 2. The topological polar surface area (TPSA) is 64.7 Å². The van der Waals surface area contributed by atoms with Crippen LogP contribution in [-0.2, 0) is 6.54 Å². The van der Waals surface area contributed by atoms with Gasteiger partial charge in [-0.25, -0.2) is 4.79 Å². The van der Waals surface area contributed by atoms with Crippen LogP contribution < -0.4 is 15.5 Å². The third-order valence-electron chi connectivity index (χ3n) is 5.56. The van der Waals surface area contributed by atoms with Crippen LogP contribution in [0.2, 0.25) is 0 Å². The number of amides is 3. The van der Waals surface area contributed by atoms with Crippen molar-refractivity contribution in [1.82, 2.24) is 10.2 Å². The molecule has 0 spiro atoms. The fourth-order valence-electron chi connectivity index (χ4n) is 3.54. The van der Waals surface area contributed by atoms with Crippen LogP contribution in [0.1, 0.15) is 56.1 Å². The van der Waals surface area contributed by atoms with E-state index in [4.69, 9.17) is 0 Å². The van der Waals surface area contributed by atoms with E-state index < -0.39 is 0 Å². The molecular weight excluding hydrogens is 400 g/mol. The molecule has 2 aromatic carbocycles. The first-order valence-corrected chi connectivity index (χ1v) is 11.2. The highest BCUT2D eigenvalue weighted by Crippen LogP contribution is 2.27. The highest BCUT2D eigenvalue weighted by Gasteiger charge is 2.25. The summed E-state index contributed by atoms with van der Waals surface area (Å²) in [4.78, 5) is 29.7. The fraction of sp³-hybridized carbons (Fsp3) is 0.462. The Morgan fingerprint density at radius 3 is 2.22 bits per heavy atom. The number of hydrogen-bond donors (Lipinski definition) is 2. The van der Waals surface area contributed by atoms with Crippen LogP contribution in [0.3, 0.4) is 0 Å². The second-order valence-electron chi connectivity index (χ2n) is 9.28. The minimum atomic E-state index is -0.244. The van der Waals surface area contributed by atoms with Gasteiger partial charge in [0.25, 0.3) is 5.91 Å². The van der Waals surface area contributed by atoms with E-state index in [9.17, 15) is 9.59 Å². The maximum Gasteiger partial charge on any atom is 0.319 e. The minimum absolute atomic E-state index is 0.00974. The van der Waals surface area contributed by atoms with E-state index >= 15 is 0 Å². The first-order chi connectivity index (χ1) is 15.0. The number of benzene rings is 2. The van der Waals surface area contributed by atoms with Crippen LogP contribution in [0.5, 0.6) is 0 Å². The Morgan fingerprint density at radius 1 is 0.969 bits per heavy atom. The molecule has 2 N–H and O–H groups in total. The molecule has 0 heterocycles. The van der Waals surface area contributed by atoms with Crippen LogP contribution >= 0.6 is 0 Å². The molecule has 0 aliphatic rings. The van der Waals surface area contributed by atoms with Gasteiger partial charge in [-0.15, -0.1) is 0 Å². The number of nitrogens with one attached hydrogen (secondary N) is 2. The van der Waals surface area contributed by atoms with Gasteiger partial charge in [0.05, 0.1) is 0 Å². The van der Waals surface area contributed by atoms with Crippen LogP contribution in [-0.4, -0.2) is 43.0 Å². The lowest BCUT2D eigenvalue weighted by molar-refractivity contribution is 0.0628. The van der Waals surface area contributed by atoms with Crippen molar-refractivity contribution >= 4 is 23.3 Å². The van der Waals surface area contributed by atoms with Gasteiger partial charge < -0.3 is 20.4 Å². The van der Waals surface area contributed by atoms with Crippen molar-refractivity contribution in [3.05, 3.63) is 59.2 Å². The van der Waals surface area contributed by atoms with E-state index in [1.54, 1.807) is 0 Å². The Balaban J connectivity index is 2.42. The third kappa shape index (κ3) is 6.74. The molecule has 3 amide bonds. The molecule has 0 unspecified atom stereocenters. The third-order valence-corrected chi connectivity index (χ3v) is 5.56. The summed E-state index contributed by atoms with van der Waals surface area (Å²) in [6, 6.07) is 13.4. The van der Waals surface area contributed by atoms with Gasteiger partial charge in [-0.2, -0.15) is 0 Å². The van der Waals surface area contributed by atoms with Gasteiger partial charge in [0.15, 0.2) is 0 Å². The van der Waals surface area contributed by atoms with Gasteiger partial charge in [0.2, 0.25) is 0 Å². The molecule has 0 bridgehead atoms.